The van der Waals surface area contributed by atoms with Gasteiger partial charge in [0.05, 0.1) is 12.9 Å². The molecule has 10 heavy (non-hydrogen) atoms. The molecule has 0 fully saturated rings. The predicted octanol–water partition coefficient (Wildman–Crippen LogP) is -0.0349. The summed E-state index contributed by atoms with van der Waals surface area (Å²) in [5, 5.41) is 0. The molecule has 0 saturated carbocycles. The van der Waals surface area contributed by atoms with Gasteiger partial charge in [0, 0.05) is 18.5 Å². The van der Waals surface area contributed by atoms with Gasteiger partial charge < -0.3 is 16.2 Å². The van der Waals surface area contributed by atoms with E-state index in [9.17, 15) is 0 Å². The molecule has 0 amide bonds. The van der Waals surface area contributed by atoms with Gasteiger partial charge >= 0.3 is 0 Å². The molecule has 0 spiro atoms. The highest BCUT2D eigenvalue weighted by molar-refractivity contribution is 5.08. The standard InChI is InChI=1S/C7H14N2O/c1-10-5-2-3-6(8)7(9)4-5/h4,6-7H,2-3,8-9H2,1H3. The smallest absolute Gasteiger partial charge is 0.0932 e. The lowest BCUT2D eigenvalue weighted by Crippen LogP contribution is -2.42. The largest absolute Gasteiger partial charge is 0.501 e. The first-order valence-electron chi connectivity index (χ1n) is 3.50. The fourth-order valence-corrected chi connectivity index (χ4v) is 1.09. The van der Waals surface area contributed by atoms with Crippen molar-refractivity contribution in [3.05, 3.63) is 11.8 Å². The molecule has 1 aliphatic rings. The molecule has 0 heterocycles. The first kappa shape index (κ1) is 7.57. The summed E-state index contributed by atoms with van der Waals surface area (Å²) in [6.45, 7) is 0. The molecule has 0 aromatic rings. The maximum atomic E-state index is 5.67. The summed E-state index contributed by atoms with van der Waals surface area (Å²) >= 11 is 0. The highest BCUT2D eigenvalue weighted by atomic mass is 16.5. The first-order chi connectivity index (χ1) is 4.74. The van der Waals surface area contributed by atoms with Crippen LogP contribution in [0.3, 0.4) is 0 Å². The number of allylic oxidation sites excluding steroid dienone is 1. The number of rotatable bonds is 1. The van der Waals surface area contributed by atoms with Gasteiger partial charge in [-0.1, -0.05) is 0 Å². The number of hydrogen-bond donors (Lipinski definition) is 2. The molecular weight excluding hydrogens is 128 g/mol. The van der Waals surface area contributed by atoms with Crippen molar-refractivity contribution in [3.8, 4) is 0 Å². The minimum atomic E-state index is -0.0244. The second-order valence-electron chi connectivity index (χ2n) is 2.62. The lowest BCUT2D eigenvalue weighted by Gasteiger charge is -2.23. The van der Waals surface area contributed by atoms with Crippen LogP contribution in [0, 0.1) is 0 Å². The molecule has 0 bridgehead atoms. The fourth-order valence-electron chi connectivity index (χ4n) is 1.09. The predicted molar refractivity (Wildman–Crippen MR) is 40.3 cm³/mol. The van der Waals surface area contributed by atoms with Crippen molar-refractivity contribution < 1.29 is 4.74 Å². The molecule has 1 rings (SSSR count). The van der Waals surface area contributed by atoms with Crippen LogP contribution in [0.25, 0.3) is 0 Å². The maximum absolute atomic E-state index is 5.67. The Morgan fingerprint density at radius 1 is 1.60 bits per heavy atom. The zero-order valence-corrected chi connectivity index (χ0v) is 6.21. The van der Waals surface area contributed by atoms with E-state index in [-0.39, 0.29) is 12.1 Å². The summed E-state index contributed by atoms with van der Waals surface area (Å²) in [7, 11) is 1.66. The Balaban J connectivity index is 2.56. The third kappa shape index (κ3) is 1.49. The lowest BCUT2D eigenvalue weighted by atomic mass is 9.97. The van der Waals surface area contributed by atoms with Crippen molar-refractivity contribution in [1.82, 2.24) is 0 Å². The van der Waals surface area contributed by atoms with Crippen LogP contribution in [-0.2, 0) is 4.74 Å². The summed E-state index contributed by atoms with van der Waals surface area (Å²) in [5.41, 5.74) is 11.3. The van der Waals surface area contributed by atoms with Crippen LogP contribution >= 0.6 is 0 Å². The van der Waals surface area contributed by atoms with E-state index in [0.717, 1.165) is 18.6 Å². The SMILES string of the molecule is COC1=CC(N)C(N)CC1. The highest BCUT2D eigenvalue weighted by Gasteiger charge is 2.17. The Hall–Kier alpha value is -0.540. The summed E-state index contributed by atoms with van der Waals surface area (Å²) in [4.78, 5) is 0. The van der Waals surface area contributed by atoms with Crippen LogP contribution in [0.1, 0.15) is 12.8 Å². The zero-order chi connectivity index (χ0) is 7.56. The second kappa shape index (κ2) is 3.03. The maximum Gasteiger partial charge on any atom is 0.0932 e. The van der Waals surface area contributed by atoms with Crippen molar-refractivity contribution in [2.24, 2.45) is 11.5 Å². The van der Waals surface area contributed by atoms with Crippen LogP contribution in [0.4, 0.5) is 0 Å². The van der Waals surface area contributed by atoms with E-state index in [1.807, 2.05) is 6.08 Å². The van der Waals surface area contributed by atoms with Crippen molar-refractivity contribution >= 4 is 0 Å². The van der Waals surface area contributed by atoms with Crippen molar-refractivity contribution in [1.29, 1.82) is 0 Å². The fraction of sp³-hybridized carbons (Fsp3) is 0.714. The normalized spacial score (nSPS) is 33.3. The van der Waals surface area contributed by atoms with E-state index in [4.69, 9.17) is 16.2 Å². The molecule has 0 saturated heterocycles. The molecule has 0 aromatic carbocycles. The highest BCUT2D eigenvalue weighted by Crippen LogP contribution is 2.15. The summed E-state index contributed by atoms with van der Waals surface area (Å²) < 4.78 is 5.04. The number of nitrogens with two attached hydrogens (primary N) is 2. The lowest BCUT2D eigenvalue weighted by molar-refractivity contribution is 0.258. The van der Waals surface area contributed by atoms with Gasteiger partial charge in [-0.2, -0.15) is 0 Å². The van der Waals surface area contributed by atoms with Gasteiger partial charge in [-0.3, -0.25) is 0 Å². The van der Waals surface area contributed by atoms with Gasteiger partial charge in [-0.05, 0) is 12.5 Å². The minimum absolute atomic E-state index is 0.0244. The summed E-state index contributed by atoms with van der Waals surface area (Å²) in [6, 6.07) is 0.0857. The molecular formula is C7H14N2O. The van der Waals surface area contributed by atoms with E-state index in [2.05, 4.69) is 0 Å². The van der Waals surface area contributed by atoms with E-state index >= 15 is 0 Å². The van der Waals surface area contributed by atoms with Gasteiger partial charge in [-0.15, -0.1) is 0 Å². The van der Waals surface area contributed by atoms with Crippen LogP contribution in [0.2, 0.25) is 0 Å². The molecule has 3 nitrogen and oxygen atoms in total. The van der Waals surface area contributed by atoms with E-state index in [1.165, 1.54) is 0 Å². The van der Waals surface area contributed by atoms with Crippen LogP contribution in [0.5, 0.6) is 0 Å². The molecule has 58 valence electrons. The van der Waals surface area contributed by atoms with E-state index < -0.39 is 0 Å². The quantitative estimate of drug-likeness (QED) is 0.540. The van der Waals surface area contributed by atoms with Gasteiger partial charge in [0.1, 0.15) is 0 Å². The average molecular weight is 142 g/mol. The van der Waals surface area contributed by atoms with Crippen molar-refractivity contribution in [2.45, 2.75) is 24.9 Å². The molecule has 0 radical (unpaired) electrons. The van der Waals surface area contributed by atoms with Gasteiger partial charge in [0.25, 0.3) is 0 Å². The molecule has 4 N–H and O–H groups in total. The third-order valence-electron chi connectivity index (χ3n) is 1.86. The Morgan fingerprint density at radius 2 is 2.30 bits per heavy atom. The van der Waals surface area contributed by atoms with Crippen LogP contribution in [0.15, 0.2) is 11.8 Å². The third-order valence-corrected chi connectivity index (χ3v) is 1.86. The molecule has 2 unspecified atom stereocenters. The number of methoxy groups -OCH3 is 1. The Bertz CT molecular complexity index is 145. The first-order valence-corrected chi connectivity index (χ1v) is 3.50. The molecule has 1 aliphatic carbocycles. The molecule has 3 heteroatoms. The number of hydrogen-bond acceptors (Lipinski definition) is 3. The van der Waals surface area contributed by atoms with E-state index in [1.54, 1.807) is 7.11 Å². The average Bonchev–Trinajstić information content (AvgIpc) is 1.95. The monoisotopic (exact) mass is 142 g/mol. The van der Waals surface area contributed by atoms with Gasteiger partial charge in [0.2, 0.25) is 0 Å². The summed E-state index contributed by atoms with van der Waals surface area (Å²) in [6.07, 6.45) is 3.75. The zero-order valence-electron chi connectivity index (χ0n) is 6.21. The van der Waals surface area contributed by atoms with Gasteiger partial charge in [0.15, 0.2) is 0 Å². The summed E-state index contributed by atoms with van der Waals surface area (Å²) in [5.74, 6) is 0.967. The second-order valence-corrected chi connectivity index (χ2v) is 2.62. The molecule has 2 atom stereocenters. The van der Waals surface area contributed by atoms with Crippen LogP contribution in [-0.4, -0.2) is 19.2 Å². The van der Waals surface area contributed by atoms with E-state index in [0.29, 0.717) is 0 Å². The number of ether oxygens (including phenoxy) is 1. The van der Waals surface area contributed by atoms with Crippen molar-refractivity contribution in [3.63, 3.8) is 0 Å². The topological polar surface area (TPSA) is 61.3 Å². The molecule has 0 aromatic heterocycles. The van der Waals surface area contributed by atoms with Gasteiger partial charge in [-0.25, -0.2) is 0 Å². The Morgan fingerprint density at radius 3 is 2.80 bits per heavy atom. The Kier molecular flexibility index (Phi) is 2.29. The minimum Gasteiger partial charge on any atom is -0.501 e. The molecule has 0 aliphatic heterocycles. The van der Waals surface area contributed by atoms with Crippen molar-refractivity contribution in [2.75, 3.05) is 7.11 Å². The Labute approximate surface area is 61.0 Å². The van der Waals surface area contributed by atoms with Crippen LogP contribution < -0.4 is 11.5 Å².